The van der Waals surface area contributed by atoms with Gasteiger partial charge in [-0.2, -0.15) is 13.2 Å². The van der Waals surface area contributed by atoms with Gasteiger partial charge >= 0.3 is 12.1 Å². The molecule has 0 aromatic heterocycles. The van der Waals surface area contributed by atoms with E-state index >= 15 is 0 Å². The summed E-state index contributed by atoms with van der Waals surface area (Å²) < 4.78 is 50.2. The summed E-state index contributed by atoms with van der Waals surface area (Å²) in [5.41, 5.74) is -0.0782. The van der Waals surface area contributed by atoms with Crippen molar-refractivity contribution < 1.29 is 37.3 Å². The Balaban J connectivity index is 2.50. The Kier molecular flexibility index (Phi) is 6.29. The van der Waals surface area contributed by atoms with Crippen LogP contribution in [0.1, 0.15) is 16.8 Å². The van der Waals surface area contributed by atoms with Gasteiger partial charge in [0.05, 0.1) is 20.3 Å². The number of carboxylic acids is 1. The van der Waals surface area contributed by atoms with Gasteiger partial charge in [-0.3, -0.25) is 0 Å². The highest BCUT2D eigenvalue weighted by Crippen LogP contribution is 2.31. The van der Waals surface area contributed by atoms with Gasteiger partial charge in [-0.25, -0.2) is 4.79 Å². The summed E-state index contributed by atoms with van der Waals surface area (Å²) in [6.45, 7) is -1.45. The van der Waals surface area contributed by atoms with Crippen molar-refractivity contribution in [1.29, 1.82) is 0 Å². The first-order chi connectivity index (χ1) is 9.85. The molecular weight excluding hydrogens is 293 g/mol. The van der Waals surface area contributed by atoms with E-state index in [-0.39, 0.29) is 36.7 Å². The van der Waals surface area contributed by atoms with Crippen molar-refractivity contribution in [2.45, 2.75) is 12.6 Å². The van der Waals surface area contributed by atoms with E-state index in [1.807, 2.05) is 0 Å². The number of hydrogen-bond acceptors (Lipinski definition) is 4. The zero-order valence-corrected chi connectivity index (χ0v) is 11.3. The highest BCUT2D eigenvalue weighted by Gasteiger charge is 2.27. The van der Waals surface area contributed by atoms with Crippen LogP contribution in [-0.4, -0.2) is 44.2 Å². The first-order valence-electron chi connectivity index (χ1n) is 6.02. The predicted octanol–water partition coefficient (Wildman–Crippen LogP) is 2.74. The molecule has 0 aliphatic carbocycles. The molecule has 118 valence electrons. The van der Waals surface area contributed by atoms with Crippen LogP contribution in [0.15, 0.2) is 18.2 Å². The van der Waals surface area contributed by atoms with Gasteiger partial charge in [0, 0.05) is 6.42 Å². The minimum Gasteiger partial charge on any atom is -0.493 e. The number of carboxylic acid groups (broad SMARTS) is 1. The van der Waals surface area contributed by atoms with Crippen molar-refractivity contribution in [3.63, 3.8) is 0 Å². The number of halogens is 3. The van der Waals surface area contributed by atoms with Crippen LogP contribution in [0.5, 0.6) is 11.5 Å². The van der Waals surface area contributed by atoms with Gasteiger partial charge in [-0.05, 0) is 12.1 Å². The molecule has 1 aromatic rings. The summed E-state index contributed by atoms with van der Waals surface area (Å²) in [7, 11) is 1.36. The number of hydrogen-bond donors (Lipinski definition) is 1. The smallest absolute Gasteiger partial charge is 0.411 e. The van der Waals surface area contributed by atoms with E-state index in [0.29, 0.717) is 0 Å². The van der Waals surface area contributed by atoms with E-state index in [1.165, 1.54) is 25.3 Å². The first kappa shape index (κ1) is 17.1. The van der Waals surface area contributed by atoms with E-state index in [4.69, 9.17) is 14.6 Å². The molecule has 8 heteroatoms. The Labute approximate surface area is 119 Å². The van der Waals surface area contributed by atoms with Crippen LogP contribution in [0.3, 0.4) is 0 Å². The molecule has 0 heterocycles. The maximum Gasteiger partial charge on any atom is 0.411 e. The summed E-state index contributed by atoms with van der Waals surface area (Å²) in [5.74, 6) is -0.897. The van der Waals surface area contributed by atoms with Crippen molar-refractivity contribution in [2.24, 2.45) is 0 Å². The molecule has 0 saturated carbocycles. The van der Waals surface area contributed by atoms with Gasteiger partial charge in [-0.1, -0.05) is 6.07 Å². The van der Waals surface area contributed by atoms with Crippen LogP contribution in [0.4, 0.5) is 13.2 Å². The molecule has 0 fully saturated rings. The predicted molar refractivity (Wildman–Crippen MR) is 66.9 cm³/mol. The lowest BCUT2D eigenvalue weighted by molar-refractivity contribution is -0.174. The zero-order valence-electron chi connectivity index (χ0n) is 11.3. The van der Waals surface area contributed by atoms with Gasteiger partial charge in [0.15, 0.2) is 11.5 Å². The number of benzene rings is 1. The highest BCUT2D eigenvalue weighted by atomic mass is 19.4. The monoisotopic (exact) mass is 308 g/mol. The Morgan fingerprint density at radius 3 is 2.57 bits per heavy atom. The summed E-state index contributed by atoms with van der Waals surface area (Å²) in [4.78, 5) is 11.1. The van der Waals surface area contributed by atoms with Crippen LogP contribution in [0.25, 0.3) is 0 Å². The maximum absolute atomic E-state index is 11.8. The fourth-order valence-corrected chi connectivity index (χ4v) is 1.52. The number of para-hydroxylation sites is 1. The third kappa shape index (κ3) is 5.90. The van der Waals surface area contributed by atoms with Crippen molar-refractivity contribution in [3.8, 4) is 11.5 Å². The number of ether oxygens (including phenoxy) is 3. The molecule has 0 radical (unpaired) electrons. The molecule has 21 heavy (non-hydrogen) atoms. The third-order valence-corrected chi connectivity index (χ3v) is 2.37. The summed E-state index contributed by atoms with van der Waals surface area (Å²) in [6, 6.07) is 4.38. The normalized spacial score (nSPS) is 11.2. The first-order valence-corrected chi connectivity index (χ1v) is 6.02. The SMILES string of the molecule is COc1cccc(C(=O)O)c1OCCCOCC(F)(F)F. The number of aromatic carboxylic acids is 1. The average Bonchev–Trinajstić information content (AvgIpc) is 2.41. The van der Waals surface area contributed by atoms with Gasteiger partial charge in [0.2, 0.25) is 0 Å². The lowest BCUT2D eigenvalue weighted by Gasteiger charge is -2.13. The second kappa shape index (κ2) is 7.72. The number of carbonyl (C=O) groups is 1. The molecule has 1 aromatic carbocycles. The fraction of sp³-hybridized carbons (Fsp3) is 0.462. The molecule has 0 amide bonds. The summed E-state index contributed by atoms with van der Waals surface area (Å²) in [5, 5.41) is 9.03. The molecule has 0 unspecified atom stereocenters. The molecule has 0 aliphatic heterocycles. The zero-order chi connectivity index (χ0) is 15.9. The molecule has 5 nitrogen and oxygen atoms in total. The van der Waals surface area contributed by atoms with Crippen LogP contribution in [-0.2, 0) is 4.74 Å². The Hall–Kier alpha value is -1.96. The number of alkyl halides is 3. The Bertz CT molecular complexity index is 473. The van der Waals surface area contributed by atoms with E-state index in [9.17, 15) is 18.0 Å². The standard InChI is InChI=1S/C13H15F3O5/c1-19-10-5-2-4-9(12(17)18)11(10)21-7-3-6-20-8-13(14,15)16/h2,4-5H,3,6-8H2,1H3,(H,17,18). The maximum atomic E-state index is 11.8. The van der Waals surface area contributed by atoms with E-state index in [2.05, 4.69) is 4.74 Å². The quantitative estimate of drug-likeness (QED) is 0.748. The van der Waals surface area contributed by atoms with Gasteiger partial charge in [-0.15, -0.1) is 0 Å². The average molecular weight is 308 g/mol. The fourth-order valence-electron chi connectivity index (χ4n) is 1.52. The molecule has 1 rings (SSSR count). The lowest BCUT2D eigenvalue weighted by atomic mass is 10.2. The van der Waals surface area contributed by atoms with Crippen molar-refractivity contribution in [3.05, 3.63) is 23.8 Å². The van der Waals surface area contributed by atoms with Gasteiger partial charge in [0.1, 0.15) is 12.2 Å². The molecule has 0 spiro atoms. The number of methoxy groups -OCH3 is 1. The third-order valence-electron chi connectivity index (χ3n) is 2.37. The second-order valence-corrected chi connectivity index (χ2v) is 4.01. The van der Waals surface area contributed by atoms with E-state index in [0.717, 1.165) is 0 Å². The Morgan fingerprint density at radius 2 is 2.00 bits per heavy atom. The van der Waals surface area contributed by atoms with Crippen LogP contribution < -0.4 is 9.47 Å². The minimum atomic E-state index is -4.36. The van der Waals surface area contributed by atoms with Crippen molar-refractivity contribution in [1.82, 2.24) is 0 Å². The number of rotatable bonds is 8. The lowest BCUT2D eigenvalue weighted by Crippen LogP contribution is -2.18. The van der Waals surface area contributed by atoms with Crippen molar-refractivity contribution in [2.75, 3.05) is 26.9 Å². The molecule has 0 atom stereocenters. The van der Waals surface area contributed by atoms with Crippen molar-refractivity contribution >= 4 is 5.97 Å². The summed E-state index contributed by atoms with van der Waals surface area (Å²) >= 11 is 0. The van der Waals surface area contributed by atoms with E-state index in [1.54, 1.807) is 0 Å². The van der Waals surface area contributed by atoms with Crippen LogP contribution >= 0.6 is 0 Å². The molecule has 0 saturated heterocycles. The molecule has 0 bridgehead atoms. The summed E-state index contributed by atoms with van der Waals surface area (Å²) in [6.07, 6.45) is -4.17. The van der Waals surface area contributed by atoms with E-state index < -0.39 is 18.8 Å². The molecular formula is C13H15F3O5. The minimum absolute atomic E-state index is 0.0124. The molecule has 1 N–H and O–H groups in total. The van der Waals surface area contributed by atoms with Crippen LogP contribution in [0.2, 0.25) is 0 Å². The Morgan fingerprint density at radius 1 is 1.29 bits per heavy atom. The largest absolute Gasteiger partial charge is 0.493 e. The van der Waals surface area contributed by atoms with Gasteiger partial charge in [0.25, 0.3) is 0 Å². The van der Waals surface area contributed by atoms with Gasteiger partial charge < -0.3 is 19.3 Å². The highest BCUT2D eigenvalue weighted by molar-refractivity contribution is 5.92. The van der Waals surface area contributed by atoms with Crippen LogP contribution in [0, 0.1) is 0 Å². The molecule has 0 aliphatic rings. The topological polar surface area (TPSA) is 65.0 Å². The second-order valence-electron chi connectivity index (χ2n) is 4.01.